The first-order valence-electron chi connectivity index (χ1n) is 6.43. The second kappa shape index (κ2) is 4.86. The summed E-state index contributed by atoms with van der Waals surface area (Å²) >= 11 is 0. The maximum atomic E-state index is 8.72. The number of nitrogens with zero attached hydrogens (tertiary/aromatic N) is 6. The standard InChI is InChI=1S/C13H16N6/c1-11-10-12-13(15-3-5-19(12)16-11)18-8-6-17(4-2-14)7-9-18/h3,5,10H,4,6-9H2,1H3. The average molecular weight is 256 g/mol. The minimum Gasteiger partial charge on any atom is -0.352 e. The topological polar surface area (TPSA) is 60.5 Å². The van der Waals surface area contributed by atoms with E-state index < -0.39 is 0 Å². The Bertz CT molecular complexity index is 618. The molecule has 0 amide bonds. The molecule has 1 fully saturated rings. The summed E-state index contributed by atoms with van der Waals surface area (Å²) in [5.41, 5.74) is 2.05. The predicted molar refractivity (Wildman–Crippen MR) is 72.0 cm³/mol. The van der Waals surface area contributed by atoms with Gasteiger partial charge >= 0.3 is 0 Å². The van der Waals surface area contributed by atoms with Gasteiger partial charge in [0.1, 0.15) is 5.52 Å². The predicted octanol–water partition coefficient (Wildman–Crippen LogP) is 0.683. The van der Waals surface area contributed by atoms with Crippen LogP contribution in [0.3, 0.4) is 0 Å². The summed E-state index contributed by atoms with van der Waals surface area (Å²) < 4.78 is 1.87. The number of aryl methyl sites for hydroxylation is 1. The van der Waals surface area contributed by atoms with E-state index in [1.165, 1.54) is 0 Å². The van der Waals surface area contributed by atoms with Crippen molar-refractivity contribution in [3.63, 3.8) is 0 Å². The van der Waals surface area contributed by atoms with Crippen LogP contribution < -0.4 is 4.90 Å². The maximum Gasteiger partial charge on any atom is 0.154 e. The highest BCUT2D eigenvalue weighted by atomic mass is 15.3. The molecule has 0 aliphatic carbocycles. The van der Waals surface area contributed by atoms with Crippen molar-refractivity contribution in [1.82, 2.24) is 19.5 Å². The molecule has 0 aromatic carbocycles. The van der Waals surface area contributed by atoms with Crippen molar-refractivity contribution in [2.75, 3.05) is 37.6 Å². The Hall–Kier alpha value is -2.13. The molecule has 0 bridgehead atoms. The van der Waals surface area contributed by atoms with E-state index in [1.54, 1.807) is 6.20 Å². The van der Waals surface area contributed by atoms with E-state index in [0.717, 1.165) is 43.2 Å². The Balaban J connectivity index is 1.84. The second-order valence-electron chi connectivity index (χ2n) is 4.79. The van der Waals surface area contributed by atoms with E-state index in [1.807, 2.05) is 17.6 Å². The Morgan fingerprint density at radius 2 is 2.11 bits per heavy atom. The van der Waals surface area contributed by atoms with E-state index in [4.69, 9.17) is 5.26 Å². The molecule has 0 radical (unpaired) electrons. The molecule has 6 nitrogen and oxygen atoms in total. The molecule has 3 heterocycles. The van der Waals surface area contributed by atoms with Gasteiger partial charge in [0, 0.05) is 38.6 Å². The maximum absolute atomic E-state index is 8.72. The molecule has 98 valence electrons. The molecular formula is C13H16N6. The fraction of sp³-hybridized carbons (Fsp3) is 0.462. The lowest BCUT2D eigenvalue weighted by Crippen LogP contribution is -2.46. The monoisotopic (exact) mass is 256 g/mol. The number of hydrogen-bond acceptors (Lipinski definition) is 5. The van der Waals surface area contributed by atoms with Crippen LogP contribution in [0, 0.1) is 18.3 Å². The summed E-state index contributed by atoms with van der Waals surface area (Å²) in [4.78, 5) is 8.93. The zero-order valence-corrected chi connectivity index (χ0v) is 11.0. The summed E-state index contributed by atoms with van der Waals surface area (Å²) in [6, 6.07) is 4.26. The molecule has 0 atom stereocenters. The summed E-state index contributed by atoms with van der Waals surface area (Å²) in [5.74, 6) is 0.986. The van der Waals surface area contributed by atoms with Gasteiger partial charge in [0.15, 0.2) is 5.82 Å². The van der Waals surface area contributed by atoms with Crippen LogP contribution in [-0.2, 0) is 0 Å². The van der Waals surface area contributed by atoms with Crippen LogP contribution in [0.15, 0.2) is 18.5 Å². The zero-order chi connectivity index (χ0) is 13.2. The first-order valence-corrected chi connectivity index (χ1v) is 6.43. The molecule has 1 aliphatic rings. The van der Waals surface area contributed by atoms with Gasteiger partial charge in [-0.1, -0.05) is 0 Å². The van der Waals surface area contributed by atoms with E-state index in [2.05, 4.69) is 32.0 Å². The fourth-order valence-corrected chi connectivity index (χ4v) is 2.49. The van der Waals surface area contributed by atoms with Crippen molar-refractivity contribution >= 4 is 11.3 Å². The Labute approximate surface area is 111 Å². The molecule has 0 spiro atoms. The van der Waals surface area contributed by atoms with Crippen LogP contribution in [0.1, 0.15) is 5.69 Å². The van der Waals surface area contributed by atoms with E-state index in [9.17, 15) is 0 Å². The second-order valence-corrected chi connectivity index (χ2v) is 4.79. The van der Waals surface area contributed by atoms with E-state index >= 15 is 0 Å². The minimum atomic E-state index is 0.511. The van der Waals surface area contributed by atoms with Crippen molar-refractivity contribution < 1.29 is 0 Å². The number of hydrogen-bond donors (Lipinski definition) is 0. The highest BCUT2D eigenvalue weighted by Gasteiger charge is 2.19. The molecule has 0 saturated carbocycles. The summed E-state index contributed by atoms with van der Waals surface area (Å²) in [7, 11) is 0. The SMILES string of the molecule is Cc1cc2c(N3CCN(CC#N)CC3)nccn2n1. The molecular weight excluding hydrogens is 240 g/mol. The van der Waals surface area contributed by atoms with Crippen LogP contribution >= 0.6 is 0 Å². The summed E-state index contributed by atoms with van der Waals surface area (Å²) in [6.07, 6.45) is 3.66. The van der Waals surface area contributed by atoms with Gasteiger partial charge in [0.2, 0.25) is 0 Å². The normalized spacial score (nSPS) is 16.7. The van der Waals surface area contributed by atoms with Gasteiger partial charge in [-0.3, -0.25) is 4.90 Å². The lowest BCUT2D eigenvalue weighted by Gasteiger charge is -2.34. The number of anilines is 1. The first kappa shape index (κ1) is 11.9. The number of piperazine rings is 1. The van der Waals surface area contributed by atoms with Crippen molar-refractivity contribution in [2.45, 2.75) is 6.92 Å². The van der Waals surface area contributed by atoms with Gasteiger partial charge in [-0.25, -0.2) is 9.50 Å². The van der Waals surface area contributed by atoms with Crippen LogP contribution in [0.2, 0.25) is 0 Å². The lowest BCUT2D eigenvalue weighted by atomic mass is 10.3. The third-order valence-corrected chi connectivity index (χ3v) is 3.46. The smallest absolute Gasteiger partial charge is 0.154 e. The average Bonchev–Trinajstić information content (AvgIpc) is 2.80. The molecule has 2 aromatic rings. The van der Waals surface area contributed by atoms with Crippen LogP contribution in [0.25, 0.3) is 5.52 Å². The quantitative estimate of drug-likeness (QED) is 0.740. The van der Waals surface area contributed by atoms with Crippen LogP contribution in [-0.4, -0.2) is 52.2 Å². The van der Waals surface area contributed by atoms with Gasteiger partial charge in [-0.05, 0) is 13.0 Å². The highest BCUT2D eigenvalue weighted by molar-refractivity contribution is 5.69. The number of aromatic nitrogens is 3. The summed E-state index contributed by atoms with van der Waals surface area (Å²) in [5, 5.41) is 13.1. The lowest BCUT2D eigenvalue weighted by molar-refractivity contribution is 0.286. The highest BCUT2D eigenvalue weighted by Crippen LogP contribution is 2.20. The van der Waals surface area contributed by atoms with Crippen molar-refractivity contribution in [3.05, 3.63) is 24.2 Å². The van der Waals surface area contributed by atoms with Gasteiger partial charge in [-0.2, -0.15) is 10.4 Å². The van der Waals surface area contributed by atoms with Gasteiger partial charge in [-0.15, -0.1) is 0 Å². The molecule has 3 rings (SSSR count). The van der Waals surface area contributed by atoms with E-state index in [-0.39, 0.29) is 0 Å². The van der Waals surface area contributed by atoms with Crippen molar-refractivity contribution in [2.24, 2.45) is 0 Å². The fourth-order valence-electron chi connectivity index (χ4n) is 2.49. The molecule has 0 unspecified atom stereocenters. The number of fused-ring (bicyclic) bond motifs is 1. The number of nitriles is 1. The Kier molecular flexibility index (Phi) is 3.05. The molecule has 1 aliphatic heterocycles. The number of rotatable bonds is 2. The van der Waals surface area contributed by atoms with Crippen molar-refractivity contribution in [3.8, 4) is 6.07 Å². The Morgan fingerprint density at radius 1 is 1.32 bits per heavy atom. The molecule has 1 saturated heterocycles. The minimum absolute atomic E-state index is 0.511. The molecule has 2 aromatic heterocycles. The third-order valence-electron chi connectivity index (χ3n) is 3.46. The van der Waals surface area contributed by atoms with Crippen LogP contribution in [0.5, 0.6) is 0 Å². The van der Waals surface area contributed by atoms with Crippen molar-refractivity contribution in [1.29, 1.82) is 5.26 Å². The third kappa shape index (κ3) is 2.25. The van der Waals surface area contributed by atoms with Gasteiger partial charge in [0.25, 0.3) is 0 Å². The van der Waals surface area contributed by atoms with Gasteiger partial charge < -0.3 is 4.90 Å². The molecule has 0 N–H and O–H groups in total. The molecule has 19 heavy (non-hydrogen) atoms. The van der Waals surface area contributed by atoms with Gasteiger partial charge in [0.05, 0.1) is 18.3 Å². The zero-order valence-electron chi connectivity index (χ0n) is 11.0. The summed E-state index contributed by atoms with van der Waals surface area (Å²) in [6.45, 7) is 6.11. The van der Waals surface area contributed by atoms with E-state index in [0.29, 0.717) is 6.54 Å². The molecule has 6 heteroatoms. The largest absolute Gasteiger partial charge is 0.352 e. The van der Waals surface area contributed by atoms with Crippen LogP contribution in [0.4, 0.5) is 5.82 Å². The Morgan fingerprint density at radius 3 is 2.84 bits per heavy atom. The first-order chi connectivity index (χ1) is 9.28.